The zero-order valence-electron chi connectivity index (χ0n) is 9.63. The van der Waals surface area contributed by atoms with E-state index < -0.39 is 0 Å². The van der Waals surface area contributed by atoms with Gasteiger partial charge in [0.1, 0.15) is 5.75 Å². The Morgan fingerprint density at radius 2 is 2.18 bits per heavy atom. The van der Waals surface area contributed by atoms with Crippen LogP contribution in [-0.4, -0.2) is 19.1 Å². The number of carbonyl (C=O) groups excluding carboxylic acids is 1. The fraction of sp³-hybridized carbons (Fsp3) is 0.417. The van der Waals surface area contributed by atoms with Crippen molar-refractivity contribution in [3.05, 3.63) is 28.2 Å². The number of unbranched alkanes of at least 4 members (excludes halogenated alkanes) is 1. The molecule has 1 aromatic carbocycles. The highest BCUT2D eigenvalue weighted by atomic mass is 35.5. The van der Waals surface area contributed by atoms with E-state index in [2.05, 4.69) is 12.2 Å². The van der Waals surface area contributed by atoms with Gasteiger partial charge in [0.25, 0.3) is 5.91 Å². The van der Waals surface area contributed by atoms with Gasteiger partial charge in [-0.05, 0) is 24.6 Å². The lowest BCUT2D eigenvalue weighted by Crippen LogP contribution is -2.29. The topological polar surface area (TPSA) is 38.3 Å². The Labute approximate surface area is 111 Å². The van der Waals surface area contributed by atoms with Crippen LogP contribution < -0.4 is 10.1 Å². The van der Waals surface area contributed by atoms with Gasteiger partial charge in [-0.3, -0.25) is 4.79 Å². The van der Waals surface area contributed by atoms with E-state index in [9.17, 15) is 4.79 Å². The lowest BCUT2D eigenvalue weighted by molar-refractivity contribution is -0.123. The zero-order valence-corrected chi connectivity index (χ0v) is 11.1. The van der Waals surface area contributed by atoms with Gasteiger partial charge in [0.2, 0.25) is 0 Å². The van der Waals surface area contributed by atoms with Gasteiger partial charge in [0.05, 0.1) is 5.02 Å². The van der Waals surface area contributed by atoms with Crippen LogP contribution in [0.5, 0.6) is 5.75 Å². The Kier molecular flexibility index (Phi) is 6.16. The van der Waals surface area contributed by atoms with Crippen molar-refractivity contribution in [3.63, 3.8) is 0 Å². The maximum atomic E-state index is 11.4. The van der Waals surface area contributed by atoms with E-state index in [-0.39, 0.29) is 12.5 Å². The average Bonchev–Trinajstić information content (AvgIpc) is 2.28. The molecule has 0 heterocycles. The minimum absolute atomic E-state index is 0.0366. The van der Waals surface area contributed by atoms with Gasteiger partial charge in [0, 0.05) is 11.6 Å². The molecule has 17 heavy (non-hydrogen) atoms. The van der Waals surface area contributed by atoms with Gasteiger partial charge >= 0.3 is 0 Å². The number of amides is 1. The van der Waals surface area contributed by atoms with Gasteiger partial charge < -0.3 is 10.1 Å². The zero-order chi connectivity index (χ0) is 12.7. The molecule has 0 unspecified atom stereocenters. The Morgan fingerprint density at radius 1 is 1.41 bits per heavy atom. The maximum absolute atomic E-state index is 11.4. The monoisotopic (exact) mass is 275 g/mol. The second-order valence-electron chi connectivity index (χ2n) is 3.57. The molecular weight excluding hydrogens is 261 g/mol. The first-order valence-electron chi connectivity index (χ1n) is 5.48. The minimum Gasteiger partial charge on any atom is -0.482 e. The van der Waals surface area contributed by atoms with Crippen molar-refractivity contribution in [1.29, 1.82) is 0 Å². The molecule has 94 valence electrons. The van der Waals surface area contributed by atoms with Crippen molar-refractivity contribution in [3.8, 4) is 5.75 Å². The first kappa shape index (κ1) is 14.1. The van der Waals surface area contributed by atoms with Crippen molar-refractivity contribution in [1.82, 2.24) is 5.32 Å². The fourth-order valence-electron chi connectivity index (χ4n) is 1.19. The number of halogens is 2. The van der Waals surface area contributed by atoms with Gasteiger partial charge in [-0.25, -0.2) is 0 Å². The molecule has 0 spiro atoms. The third kappa shape index (κ3) is 5.29. The Balaban J connectivity index is 2.37. The van der Waals surface area contributed by atoms with Gasteiger partial charge in [-0.1, -0.05) is 36.5 Å². The summed E-state index contributed by atoms with van der Waals surface area (Å²) in [6.45, 7) is 2.70. The highest BCUT2D eigenvalue weighted by Gasteiger charge is 2.05. The molecule has 0 radical (unpaired) electrons. The largest absolute Gasteiger partial charge is 0.482 e. The van der Waals surface area contributed by atoms with Crippen LogP contribution in [0.4, 0.5) is 0 Å². The molecule has 0 aliphatic heterocycles. The Morgan fingerprint density at radius 3 is 2.82 bits per heavy atom. The molecule has 0 fully saturated rings. The fourth-order valence-corrected chi connectivity index (χ4v) is 1.65. The summed E-state index contributed by atoms with van der Waals surface area (Å²) in [5.41, 5.74) is 0. The number of carbonyl (C=O) groups is 1. The van der Waals surface area contributed by atoms with Crippen LogP contribution in [0.1, 0.15) is 19.8 Å². The second-order valence-corrected chi connectivity index (χ2v) is 4.41. The maximum Gasteiger partial charge on any atom is 0.257 e. The molecule has 0 aliphatic carbocycles. The summed E-state index contributed by atoms with van der Waals surface area (Å²) in [5.74, 6) is 0.311. The third-order valence-corrected chi connectivity index (χ3v) is 2.64. The molecule has 5 heteroatoms. The van der Waals surface area contributed by atoms with Crippen LogP contribution in [0.25, 0.3) is 0 Å². The normalized spacial score (nSPS) is 10.1. The van der Waals surface area contributed by atoms with Gasteiger partial charge in [-0.2, -0.15) is 0 Å². The average molecular weight is 276 g/mol. The van der Waals surface area contributed by atoms with Crippen molar-refractivity contribution in [2.75, 3.05) is 13.2 Å². The van der Waals surface area contributed by atoms with E-state index in [1.165, 1.54) is 0 Å². The highest BCUT2D eigenvalue weighted by molar-refractivity contribution is 6.35. The number of ether oxygens (including phenoxy) is 1. The molecule has 3 nitrogen and oxygen atoms in total. The molecule has 0 saturated carbocycles. The molecule has 1 N–H and O–H groups in total. The summed E-state index contributed by atoms with van der Waals surface area (Å²) in [6, 6.07) is 4.88. The number of hydrogen-bond donors (Lipinski definition) is 1. The third-order valence-electron chi connectivity index (χ3n) is 2.11. The first-order valence-corrected chi connectivity index (χ1v) is 6.23. The summed E-state index contributed by atoms with van der Waals surface area (Å²) in [7, 11) is 0. The van der Waals surface area contributed by atoms with Crippen LogP contribution in [0.2, 0.25) is 10.0 Å². The van der Waals surface area contributed by atoms with E-state index in [0.717, 1.165) is 12.8 Å². The molecule has 0 saturated heterocycles. The van der Waals surface area contributed by atoms with Crippen LogP contribution in [0.15, 0.2) is 18.2 Å². The number of benzene rings is 1. The summed E-state index contributed by atoms with van der Waals surface area (Å²) in [4.78, 5) is 11.4. The van der Waals surface area contributed by atoms with Crippen LogP contribution in [0.3, 0.4) is 0 Å². The van der Waals surface area contributed by atoms with Crippen molar-refractivity contribution >= 4 is 29.1 Å². The standard InChI is InChI=1S/C12H15Cl2NO2/c1-2-3-6-15-12(16)8-17-11-5-4-9(13)7-10(11)14/h4-5,7H,2-3,6,8H2,1H3,(H,15,16). The van der Waals surface area contributed by atoms with Crippen molar-refractivity contribution < 1.29 is 9.53 Å². The first-order chi connectivity index (χ1) is 8.13. The Bertz CT molecular complexity index is 383. The van der Waals surface area contributed by atoms with Crippen LogP contribution >= 0.6 is 23.2 Å². The molecule has 0 bridgehead atoms. The van der Waals surface area contributed by atoms with Crippen LogP contribution in [-0.2, 0) is 4.79 Å². The number of nitrogens with one attached hydrogen (secondary N) is 1. The van der Waals surface area contributed by atoms with Crippen molar-refractivity contribution in [2.24, 2.45) is 0 Å². The lowest BCUT2D eigenvalue weighted by atomic mass is 10.3. The quantitative estimate of drug-likeness (QED) is 0.810. The molecular formula is C12H15Cl2NO2. The molecule has 1 aromatic rings. The molecule has 0 aromatic heterocycles. The highest BCUT2D eigenvalue weighted by Crippen LogP contribution is 2.27. The van der Waals surface area contributed by atoms with Gasteiger partial charge in [0.15, 0.2) is 6.61 Å². The summed E-state index contributed by atoms with van der Waals surface area (Å²) >= 11 is 11.6. The second kappa shape index (κ2) is 7.41. The predicted octanol–water partition coefficient (Wildman–Crippen LogP) is 3.29. The minimum atomic E-state index is -0.149. The van der Waals surface area contributed by atoms with E-state index in [1.807, 2.05) is 0 Å². The molecule has 1 amide bonds. The van der Waals surface area contributed by atoms with Gasteiger partial charge in [-0.15, -0.1) is 0 Å². The van der Waals surface area contributed by atoms with Crippen molar-refractivity contribution in [2.45, 2.75) is 19.8 Å². The lowest BCUT2D eigenvalue weighted by Gasteiger charge is -2.08. The summed E-state index contributed by atoms with van der Waals surface area (Å²) in [6.07, 6.45) is 2.01. The summed E-state index contributed by atoms with van der Waals surface area (Å²) in [5, 5.41) is 3.69. The van der Waals surface area contributed by atoms with E-state index in [4.69, 9.17) is 27.9 Å². The Hall–Kier alpha value is -0.930. The van der Waals surface area contributed by atoms with E-state index in [0.29, 0.717) is 22.3 Å². The van der Waals surface area contributed by atoms with E-state index in [1.54, 1.807) is 18.2 Å². The molecule has 0 atom stereocenters. The summed E-state index contributed by atoms with van der Waals surface area (Å²) < 4.78 is 5.28. The molecule has 0 aliphatic rings. The SMILES string of the molecule is CCCCNC(=O)COc1ccc(Cl)cc1Cl. The van der Waals surface area contributed by atoms with E-state index >= 15 is 0 Å². The molecule has 1 rings (SSSR count). The smallest absolute Gasteiger partial charge is 0.257 e. The number of rotatable bonds is 6. The van der Waals surface area contributed by atoms with Crippen LogP contribution in [0, 0.1) is 0 Å². The predicted molar refractivity (Wildman–Crippen MR) is 69.9 cm³/mol. The number of hydrogen-bond acceptors (Lipinski definition) is 2.